The summed E-state index contributed by atoms with van der Waals surface area (Å²) < 4.78 is 5.14. The summed E-state index contributed by atoms with van der Waals surface area (Å²) in [5, 5.41) is 39.8. The van der Waals surface area contributed by atoms with E-state index in [-0.39, 0.29) is 63.7 Å². The average Bonchev–Trinajstić information content (AvgIpc) is 3.45. The largest absolute Gasteiger partial charge is 0.574 e. The first-order valence-electron chi connectivity index (χ1n) is 14.6. The molecule has 254 valence electrons. The molecule has 11 N–H and O–H groups in total. The molecule has 1 aromatic carbocycles. The molecule has 46 heavy (non-hydrogen) atoms. The van der Waals surface area contributed by atoms with E-state index in [1.807, 2.05) is 35.8 Å². The number of alkyl carbamates (subject to hydrolysis) is 1. The van der Waals surface area contributed by atoms with Gasteiger partial charge in [-0.2, -0.15) is 10.6 Å². The van der Waals surface area contributed by atoms with Gasteiger partial charge in [0.1, 0.15) is 24.7 Å². The van der Waals surface area contributed by atoms with Gasteiger partial charge in [-0.15, -0.1) is 5.34 Å². The molecule has 2 rings (SSSR count). The summed E-state index contributed by atoms with van der Waals surface area (Å²) in [7, 11) is 0. The van der Waals surface area contributed by atoms with Crippen molar-refractivity contribution in [3.05, 3.63) is 41.1 Å². The van der Waals surface area contributed by atoms with Crippen LogP contribution in [0, 0.1) is 5.21 Å². The van der Waals surface area contributed by atoms with Crippen LogP contribution in [0.3, 0.4) is 0 Å². The van der Waals surface area contributed by atoms with Crippen LogP contribution in [0.15, 0.2) is 35.3 Å². The maximum atomic E-state index is 13.1. The number of ether oxygens (including phenoxy) is 1. The Balaban J connectivity index is 1.89. The first kappa shape index (κ1) is 37.2. The molecule has 1 fully saturated rings. The van der Waals surface area contributed by atoms with Crippen molar-refractivity contribution in [3.8, 4) is 0 Å². The lowest BCUT2D eigenvalue weighted by atomic mass is 10.1. The number of hydrogen-bond acceptors (Lipinski definition) is 10. The highest BCUT2D eigenvalue weighted by Crippen LogP contribution is 2.07. The van der Waals surface area contributed by atoms with E-state index in [4.69, 9.17) is 15.7 Å². The Hall–Kier alpha value is -5.01. The number of unbranched alkanes of at least 4 members (excludes halogenated alkanes) is 1. The van der Waals surface area contributed by atoms with Crippen LogP contribution in [0.2, 0.25) is 0 Å². The van der Waals surface area contributed by atoms with Gasteiger partial charge < -0.3 is 47.4 Å². The molecule has 0 aromatic heterocycles. The molecular formula is C27H41N9O10. The Morgan fingerprint density at radius 2 is 1.78 bits per heavy atom. The van der Waals surface area contributed by atoms with Gasteiger partial charge in [0, 0.05) is 19.5 Å². The van der Waals surface area contributed by atoms with Crippen LogP contribution in [0.5, 0.6) is 0 Å². The van der Waals surface area contributed by atoms with Crippen LogP contribution in [0.4, 0.5) is 4.79 Å². The van der Waals surface area contributed by atoms with Crippen molar-refractivity contribution in [1.29, 1.82) is 0 Å². The fraction of sp³-hybridized carbons (Fsp3) is 0.519. The second-order valence-electron chi connectivity index (χ2n) is 10.2. The fourth-order valence-electron chi connectivity index (χ4n) is 4.23. The molecule has 0 radical (unpaired) electrons. The van der Waals surface area contributed by atoms with E-state index >= 15 is 0 Å². The van der Waals surface area contributed by atoms with E-state index in [9.17, 15) is 39.1 Å². The zero-order chi connectivity index (χ0) is 33.9. The number of nitrogens with one attached hydrogen (secondary N) is 7. The van der Waals surface area contributed by atoms with E-state index in [0.29, 0.717) is 12.8 Å². The van der Waals surface area contributed by atoms with Crippen molar-refractivity contribution in [2.45, 2.75) is 69.7 Å². The van der Waals surface area contributed by atoms with Gasteiger partial charge >= 0.3 is 12.1 Å². The third kappa shape index (κ3) is 15.1. The standard InChI is InChI=1S/C27H41N9O10/c28-26(35-36(44)45)29-14-6-10-20(25(41)42)34-24(40)18(33-22(38)15-31-23(39)19-11-12-21(37)32-19)9-4-5-13-30-27(43)46-16-17-7-2-1-3-8-17/h1-3,7-8,18-20,36,44H,4-6,9-16H2,(H,30,43)(H,31,39)(H,32,37)(H,33,38)(H,34,40)(H,41,42)(H3,28,29,35)/t18-,19-,20+/m1/s1. The van der Waals surface area contributed by atoms with E-state index in [1.54, 1.807) is 0 Å². The summed E-state index contributed by atoms with van der Waals surface area (Å²) in [5.74, 6) is -4.06. The van der Waals surface area contributed by atoms with Crippen LogP contribution >= 0.6 is 0 Å². The Bertz CT molecular complexity index is 1220. The van der Waals surface area contributed by atoms with Gasteiger partial charge in [0.05, 0.1) is 6.54 Å². The predicted octanol–water partition coefficient (Wildman–Crippen LogP) is -3.10. The molecule has 0 bridgehead atoms. The van der Waals surface area contributed by atoms with E-state index in [1.165, 1.54) is 0 Å². The number of benzene rings is 1. The number of nitrogens with zero attached hydrogens (tertiary/aromatic N) is 1. The summed E-state index contributed by atoms with van der Waals surface area (Å²) in [4.78, 5) is 76.8. The van der Waals surface area contributed by atoms with Crippen molar-refractivity contribution in [1.82, 2.24) is 32.0 Å². The van der Waals surface area contributed by atoms with Crippen molar-refractivity contribution < 1.29 is 49.2 Å². The topological polar surface area (TPSA) is 290 Å². The number of nitrogens with two attached hydrogens (primary N) is 1. The third-order valence-corrected chi connectivity index (χ3v) is 6.57. The fourth-order valence-corrected chi connectivity index (χ4v) is 4.23. The molecule has 5 amide bonds. The molecule has 0 aliphatic carbocycles. The van der Waals surface area contributed by atoms with Gasteiger partial charge in [-0.25, -0.2) is 14.6 Å². The second kappa shape index (κ2) is 20.1. The number of guanidine groups is 1. The number of aliphatic carboxylic acids is 1. The molecule has 19 nitrogen and oxygen atoms in total. The Kier molecular flexibility index (Phi) is 16.2. The van der Waals surface area contributed by atoms with E-state index in [0.717, 1.165) is 5.56 Å². The first-order valence-corrected chi connectivity index (χ1v) is 14.6. The zero-order valence-corrected chi connectivity index (χ0v) is 25.1. The summed E-state index contributed by atoms with van der Waals surface area (Å²) >= 11 is 0. The van der Waals surface area contributed by atoms with Gasteiger partial charge in [0.15, 0.2) is 0 Å². The number of rotatable bonds is 19. The molecule has 1 heterocycles. The molecule has 1 saturated heterocycles. The van der Waals surface area contributed by atoms with Crippen molar-refractivity contribution in [2.24, 2.45) is 10.7 Å². The second-order valence-corrected chi connectivity index (χ2v) is 10.2. The number of hydrogen-bond donors (Lipinski definition) is 10. The van der Waals surface area contributed by atoms with Crippen LogP contribution in [-0.4, -0.2) is 89.7 Å². The smallest absolute Gasteiger partial charge is 0.407 e. The predicted molar refractivity (Wildman–Crippen MR) is 159 cm³/mol. The number of carboxylic acid groups (broad SMARTS) is 1. The van der Waals surface area contributed by atoms with Gasteiger partial charge in [0.25, 0.3) is 0 Å². The monoisotopic (exact) mass is 651 g/mol. The summed E-state index contributed by atoms with van der Waals surface area (Å²) in [6, 6.07) is 5.79. The molecule has 4 atom stereocenters. The van der Waals surface area contributed by atoms with Crippen LogP contribution in [0.25, 0.3) is 0 Å². The minimum absolute atomic E-state index is 0.0200. The quantitative estimate of drug-likeness (QED) is 0.0308. The van der Waals surface area contributed by atoms with E-state index in [2.05, 4.69) is 31.6 Å². The Morgan fingerprint density at radius 3 is 2.43 bits per heavy atom. The number of aliphatic imine (C=N–C) groups is 1. The lowest BCUT2D eigenvalue weighted by Crippen LogP contribution is -3.13. The molecule has 0 saturated carbocycles. The molecule has 19 heteroatoms. The van der Waals surface area contributed by atoms with Crippen molar-refractivity contribution >= 4 is 41.7 Å². The maximum Gasteiger partial charge on any atom is 0.407 e. The lowest BCUT2D eigenvalue weighted by molar-refractivity contribution is -1.08. The molecular weight excluding hydrogens is 610 g/mol. The highest BCUT2D eigenvalue weighted by atomic mass is 16.8. The van der Waals surface area contributed by atoms with Gasteiger partial charge in [0.2, 0.25) is 29.6 Å². The normalized spacial score (nSPS) is 16.3. The van der Waals surface area contributed by atoms with Gasteiger partial charge in [-0.1, -0.05) is 30.3 Å². The highest BCUT2D eigenvalue weighted by molar-refractivity contribution is 5.94. The Morgan fingerprint density at radius 1 is 1.07 bits per heavy atom. The van der Waals surface area contributed by atoms with Crippen LogP contribution < -0.4 is 43.1 Å². The number of amides is 5. The van der Waals surface area contributed by atoms with Gasteiger partial charge in [-0.3, -0.25) is 19.2 Å². The molecule has 1 unspecified atom stereocenters. The number of carbonyl (C=O) groups is 6. The van der Waals surface area contributed by atoms with Crippen molar-refractivity contribution in [3.63, 3.8) is 0 Å². The highest BCUT2D eigenvalue weighted by Gasteiger charge is 2.29. The number of quaternary nitrogens is 1. The van der Waals surface area contributed by atoms with Crippen molar-refractivity contribution in [2.75, 3.05) is 19.6 Å². The molecule has 1 aliphatic rings. The number of carbonyl (C=O) groups excluding carboxylic acids is 5. The molecule has 1 aliphatic heterocycles. The van der Waals surface area contributed by atoms with Crippen LogP contribution in [-0.2, 0) is 35.3 Å². The SMILES string of the molecule is NC(=NCCC[C@H](NC(=O)[C@@H](CCCCNC(=O)OCc1ccccc1)NC(=O)CNC(=O)[C@H]1CCC(=O)N1)C(=O)O)N[NH+]([O-])O. The Labute approximate surface area is 264 Å². The number of carboxylic acids is 1. The summed E-state index contributed by atoms with van der Waals surface area (Å²) in [6.07, 6.45) is 0.694. The van der Waals surface area contributed by atoms with Crippen LogP contribution in [0.1, 0.15) is 50.5 Å². The minimum atomic E-state index is -1.41. The average molecular weight is 652 g/mol. The molecule has 1 aromatic rings. The lowest BCUT2D eigenvalue weighted by Gasteiger charge is -2.22. The molecule has 0 spiro atoms. The minimum Gasteiger partial charge on any atom is -0.574 e. The third-order valence-electron chi connectivity index (χ3n) is 6.57. The zero-order valence-electron chi connectivity index (χ0n) is 25.1. The van der Waals surface area contributed by atoms with E-state index < -0.39 is 59.8 Å². The maximum absolute atomic E-state index is 13.1. The summed E-state index contributed by atoms with van der Waals surface area (Å²) in [6.45, 7) is -0.213. The summed E-state index contributed by atoms with van der Waals surface area (Å²) in [5.41, 5.74) is 8.05. The van der Waals surface area contributed by atoms with Gasteiger partial charge in [-0.05, 0) is 44.1 Å². The first-order chi connectivity index (χ1) is 21.9.